The molecule has 6 nitrogen and oxygen atoms in total. The molecule has 1 aliphatic heterocycles. The molecule has 3 rings (SSSR count). The summed E-state index contributed by atoms with van der Waals surface area (Å²) in [7, 11) is 1.50. The molecule has 0 spiro atoms. The number of nitrogens with one attached hydrogen (secondary N) is 1. The van der Waals surface area contributed by atoms with E-state index in [0.717, 1.165) is 19.6 Å². The van der Waals surface area contributed by atoms with E-state index < -0.39 is 0 Å². The number of carbonyl (C=O) groups excluding carboxylic acids is 2. The maximum absolute atomic E-state index is 13.0. The predicted octanol–water partition coefficient (Wildman–Crippen LogP) is 3.27. The Labute approximate surface area is 170 Å². The third-order valence-corrected chi connectivity index (χ3v) is 5.05. The van der Waals surface area contributed by atoms with Gasteiger partial charge in [-0.2, -0.15) is 0 Å². The standard InChI is InChI=1S/C21H24ClN3O3/c1-15(26)23-19-13-20(28-2)17(12-18(19)22)21(27)25-10-8-24(9-11-25)14-16-6-4-3-5-7-16/h3-7,12-13H,8-11,14H2,1-2H3,(H,23,26). The van der Waals surface area contributed by atoms with E-state index in [1.54, 1.807) is 12.1 Å². The molecule has 1 saturated heterocycles. The highest BCUT2D eigenvalue weighted by molar-refractivity contribution is 6.34. The number of methoxy groups -OCH3 is 1. The van der Waals surface area contributed by atoms with Crippen molar-refractivity contribution in [2.45, 2.75) is 13.5 Å². The van der Waals surface area contributed by atoms with Gasteiger partial charge in [0.1, 0.15) is 5.75 Å². The maximum Gasteiger partial charge on any atom is 0.257 e. The van der Waals surface area contributed by atoms with Gasteiger partial charge in [-0.1, -0.05) is 41.9 Å². The first-order valence-electron chi connectivity index (χ1n) is 9.18. The number of hydrogen-bond acceptors (Lipinski definition) is 4. The van der Waals surface area contributed by atoms with E-state index in [1.165, 1.54) is 19.6 Å². The van der Waals surface area contributed by atoms with Gasteiger partial charge in [0, 0.05) is 45.7 Å². The molecule has 0 aliphatic carbocycles. The Morgan fingerprint density at radius 2 is 1.79 bits per heavy atom. The minimum absolute atomic E-state index is 0.118. The molecule has 0 radical (unpaired) electrons. The summed E-state index contributed by atoms with van der Waals surface area (Å²) in [5, 5.41) is 2.95. The first kappa shape index (κ1) is 20.2. The predicted molar refractivity (Wildman–Crippen MR) is 110 cm³/mol. The van der Waals surface area contributed by atoms with Crippen molar-refractivity contribution >= 4 is 29.1 Å². The second kappa shape index (κ2) is 9.08. The lowest BCUT2D eigenvalue weighted by molar-refractivity contribution is -0.114. The Bertz CT molecular complexity index is 849. The zero-order valence-electron chi connectivity index (χ0n) is 16.1. The van der Waals surface area contributed by atoms with Crippen LogP contribution in [0.15, 0.2) is 42.5 Å². The Kier molecular flexibility index (Phi) is 6.54. The van der Waals surface area contributed by atoms with Gasteiger partial charge in [0.15, 0.2) is 0 Å². The van der Waals surface area contributed by atoms with Crippen LogP contribution in [0.5, 0.6) is 5.75 Å². The van der Waals surface area contributed by atoms with E-state index in [9.17, 15) is 9.59 Å². The van der Waals surface area contributed by atoms with E-state index in [4.69, 9.17) is 16.3 Å². The van der Waals surface area contributed by atoms with E-state index in [0.29, 0.717) is 35.1 Å². The van der Waals surface area contributed by atoms with Crippen molar-refractivity contribution in [3.05, 3.63) is 58.6 Å². The van der Waals surface area contributed by atoms with Crippen LogP contribution in [0.1, 0.15) is 22.8 Å². The molecular weight excluding hydrogens is 378 g/mol. The lowest BCUT2D eigenvalue weighted by atomic mass is 10.1. The molecule has 0 bridgehead atoms. The fraction of sp³-hybridized carbons (Fsp3) is 0.333. The summed E-state index contributed by atoms with van der Waals surface area (Å²) in [6, 6.07) is 13.5. The molecule has 1 aliphatic rings. The Balaban J connectivity index is 1.67. The molecule has 0 aromatic heterocycles. The largest absolute Gasteiger partial charge is 0.496 e. The number of rotatable bonds is 5. The van der Waals surface area contributed by atoms with Gasteiger partial charge in [-0.25, -0.2) is 0 Å². The summed E-state index contributed by atoms with van der Waals surface area (Å²) in [5.74, 6) is 0.0370. The summed E-state index contributed by atoms with van der Waals surface area (Å²) >= 11 is 6.25. The van der Waals surface area contributed by atoms with Crippen molar-refractivity contribution in [3.8, 4) is 5.75 Å². The molecule has 1 N–H and O–H groups in total. The molecule has 2 aromatic rings. The van der Waals surface area contributed by atoms with E-state index >= 15 is 0 Å². The van der Waals surface area contributed by atoms with Crippen LogP contribution in [0.3, 0.4) is 0 Å². The number of piperazine rings is 1. The lowest BCUT2D eigenvalue weighted by Gasteiger charge is -2.35. The minimum atomic E-state index is -0.238. The number of hydrogen-bond donors (Lipinski definition) is 1. The Morgan fingerprint density at radius 1 is 1.11 bits per heavy atom. The molecular formula is C21H24ClN3O3. The van der Waals surface area contributed by atoms with Crippen LogP contribution >= 0.6 is 11.6 Å². The number of ether oxygens (including phenoxy) is 1. The maximum atomic E-state index is 13.0. The van der Waals surface area contributed by atoms with Gasteiger partial charge >= 0.3 is 0 Å². The van der Waals surface area contributed by atoms with Crippen LogP contribution in [0.4, 0.5) is 5.69 Å². The van der Waals surface area contributed by atoms with E-state index in [1.807, 2.05) is 23.1 Å². The minimum Gasteiger partial charge on any atom is -0.496 e. The summed E-state index contributed by atoms with van der Waals surface area (Å²) < 4.78 is 5.37. The molecule has 0 atom stereocenters. The average molecular weight is 402 g/mol. The molecule has 148 valence electrons. The van der Waals surface area contributed by atoms with Gasteiger partial charge in [0.25, 0.3) is 5.91 Å². The summed E-state index contributed by atoms with van der Waals surface area (Å²) in [6.07, 6.45) is 0. The second-order valence-corrected chi connectivity index (χ2v) is 7.17. The van der Waals surface area contributed by atoms with E-state index in [2.05, 4.69) is 22.3 Å². The van der Waals surface area contributed by atoms with Crippen LogP contribution < -0.4 is 10.1 Å². The Morgan fingerprint density at radius 3 is 2.39 bits per heavy atom. The van der Waals surface area contributed by atoms with Gasteiger partial charge in [-0.15, -0.1) is 0 Å². The molecule has 2 aromatic carbocycles. The Hall–Kier alpha value is -2.57. The van der Waals surface area contributed by atoms with Crippen molar-refractivity contribution < 1.29 is 14.3 Å². The van der Waals surface area contributed by atoms with Crippen LogP contribution in [0.25, 0.3) is 0 Å². The number of halogens is 1. The van der Waals surface area contributed by atoms with Crippen LogP contribution in [0, 0.1) is 0 Å². The number of carbonyl (C=O) groups is 2. The SMILES string of the molecule is COc1cc(NC(C)=O)c(Cl)cc1C(=O)N1CCN(Cc2ccccc2)CC1. The summed E-state index contributed by atoms with van der Waals surface area (Å²) in [4.78, 5) is 28.5. The van der Waals surface area contributed by atoms with Crippen LogP contribution in [-0.2, 0) is 11.3 Å². The smallest absolute Gasteiger partial charge is 0.257 e. The normalized spacial score (nSPS) is 14.6. The van der Waals surface area contributed by atoms with Gasteiger partial charge < -0.3 is 15.0 Å². The molecule has 28 heavy (non-hydrogen) atoms. The highest BCUT2D eigenvalue weighted by Gasteiger charge is 2.25. The van der Waals surface area contributed by atoms with Crippen molar-refractivity contribution in [1.82, 2.24) is 9.80 Å². The summed E-state index contributed by atoms with van der Waals surface area (Å²) in [5.41, 5.74) is 2.10. The van der Waals surface area contributed by atoms with Gasteiger partial charge in [0.2, 0.25) is 5.91 Å². The number of benzene rings is 2. The molecule has 0 saturated carbocycles. The fourth-order valence-corrected chi connectivity index (χ4v) is 3.51. The monoisotopic (exact) mass is 401 g/mol. The molecule has 1 fully saturated rings. The van der Waals surface area contributed by atoms with Gasteiger partial charge in [0.05, 0.1) is 23.4 Å². The third kappa shape index (κ3) is 4.82. The van der Waals surface area contributed by atoms with Crippen LogP contribution in [-0.4, -0.2) is 54.9 Å². The van der Waals surface area contributed by atoms with Crippen molar-refractivity contribution in [2.24, 2.45) is 0 Å². The number of nitrogens with zero attached hydrogens (tertiary/aromatic N) is 2. The third-order valence-electron chi connectivity index (χ3n) is 4.74. The van der Waals surface area contributed by atoms with Crippen molar-refractivity contribution in [1.29, 1.82) is 0 Å². The second-order valence-electron chi connectivity index (χ2n) is 6.77. The van der Waals surface area contributed by atoms with Gasteiger partial charge in [-0.05, 0) is 11.6 Å². The number of anilines is 1. The van der Waals surface area contributed by atoms with Crippen molar-refractivity contribution in [2.75, 3.05) is 38.6 Å². The highest BCUT2D eigenvalue weighted by atomic mass is 35.5. The van der Waals surface area contributed by atoms with Gasteiger partial charge in [-0.3, -0.25) is 14.5 Å². The first-order chi connectivity index (χ1) is 13.5. The van der Waals surface area contributed by atoms with E-state index in [-0.39, 0.29) is 11.8 Å². The topological polar surface area (TPSA) is 61.9 Å². The molecule has 1 heterocycles. The fourth-order valence-electron chi connectivity index (χ4n) is 3.30. The molecule has 7 heteroatoms. The zero-order valence-corrected chi connectivity index (χ0v) is 16.8. The molecule has 0 unspecified atom stereocenters. The highest BCUT2D eigenvalue weighted by Crippen LogP contribution is 2.32. The summed E-state index contributed by atoms with van der Waals surface area (Å²) in [6.45, 7) is 5.17. The number of amides is 2. The van der Waals surface area contributed by atoms with Crippen LogP contribution in [0.2, 0.25) is 5.02 Å². The quantitative estimate of drug-likeness (QED) is 0.835. The average Bonchev–Trinajstić information content (AvgIpc) is 2.70. The first-order valence-corrected chi connectivity index (χ1v) is 9.56. The molecule has 2 amide bonds. The lowest BCUT2D eigenvalue weighted by Crippen LogP contribution is -2.48. The van der Waals surface area contributed by atoms with Crippen molar-refractivity contribution in [3.63, 3.8) is 0 Å². The zero-order chi connectivity index (χ0) is 20.1.